The lowest BCUT2D eigenvalue weighted by Crippen LogP contribution is -2.32. The Labute approximate surface area is 175 Å². The van der Waals surface area contributed by atoms with Crippen LogP contribution in [0.3, 0.4) is 0 Å². The van der Waals surface area contributed by atoms with Crippen LogP contribution in [0.1, 0.15) is 34.0 Å². The molecule has 0 unspecified atom stereocenters. The summed E-state index contributed by atoms with van der Waals surface area (Å²) >= 11 is 5.95. The molecule has 0 heterocycles. The SMILES string of the molecule is CCc1ccccc1N(Cc1cccc(C(=O)O)c1)C(=O)Cc1ccc(Cl)cc1. The van der Waals surface area contributed by atoms with Gasteiger partial charge in [0.05, 0.1) is 18.5 Å². The molecule has 0 fully saturated rings. The second-order valence-electron chi connectivity index (χ2n) is 6.77. The smallest absolute Gasteiger partial charge is 0.335 e. The zero-order valence-electron chi connectivity index (χ0n) is 16.1. The first-order chi connectivity index (χ1) is 14.0. The van der Waals surface area contributed by atoms with Crippen LogP contribution in [0.4, 0.5) is 5.69 Å². The molecule has 29 heavy (non-hydrogen) atoms. The second-order valence-corrected chi connectivity index (χ2v) is 7.21. The zero-order valence-corrected chi connectivity index (χ0v) is 16.9. The topological polar surface area (TPSA) is 57.6 Å². The van der Waals surface area contributed by atoms with Crippen LogP contribution in [0, 0.1) is 0 Å². The number of carbonyl (C=O) groups excluding carboxylic acids is 1. The number of carbonyl (C=O) groups is 2. The number of hydrogen-bond donors (Lipinski definition) is 1. The van der Waals surface area contributed by atoms with Crippen LogP contribution < -0.4 is 4.90 Å². The Balaban J connectivity index is 1.95. The summed E-state index contributed by atoms with van der Waals surface area (Å²) in [6.45, 7) is 2.34. The highest BCUT2D eigenvalue weighted by Crippen LogP contribution is 2.25. The quantitative estimate of drug-likeness (QED) is 0.572. The number of benzene rings is 3. The van der Waals surface area contributed by atoms with E-state index in [4.69, 9.17) is 11.6 Å². The number of halogens is 1. The summed E-state index contributed by atoms with van der Waals surface area (Å²) in [7, 11) is 0. The van der Waals surface area contributed by atoms with Crippen molar-refractivity contribution in [2.24, 2.45) is 0 Å². The highest BCUT2D eigenvalue weighted by molar-refractivity contribution is 6.30. The summed E-state index contributed by atoms with van der Waals surface area (Å²) < 4.78 is 0. The number of nitrogens with zero attached hydrogens (tertiary/aromatic N) is 1. The molecule has 5 heteroatoms. The van der Waals surface area contributed by atoms with Gasteiger partial charge in [0.25, 0.3) is 0 Å². The molecular weight excluding hydrogens is 386 g/mol. The summed E-state index contributed by atoms with van der Waals surface area (Å²) in [5.41, 5.74) is 3.75. The average molecular weight is 408 g/mol. The highest BCUT2D eigenvalue weighted by atomic mass is 35.5. The van der Waals surface area contributed by atoms with Crippen molar-refractivity contribution in [3.8, 4) is 0 Å². The number of rotatable bonds is 7. The van der Waals surface area contributed by atoms with Crippen LogP contribution in [0.5, 0.6) is 0 Å². The van der Waals surface area contributed by atoms with Crippen molar-refractivity contribution in [2.75, 3.05) is 4.90 Å². The van der Waals surface area contributed by atoms with E-state index in [-0.39, 0.29) is 17.9 Å². The first kappa shape index (κ1) is 20.6. The number of amides is 1. The van der Waals surface area contributed by atoms with Gasteiger partial charge in [-0.2, -0.15) is 0 Å². The van der Waals surface area contributed by atoms with Gasteiger partial charge in [-0.05, 0) is 53.4 Å². The van der Waals surface area contributed by atoms with Crippen LogP contribution >= 0.6 is 11.6 Å². The van der Waals surface area contributed by atoms with Crippen molar-refractivity contribution >= 4 is 29.2 Å². The third-order valence-electron chi connectivity index (χ3n) is 4.75. The lowest BCUT2D eigenvalue weighted by molar-refractivity contribution is -0.118. The van der Waals surface area contributed by atoms with E-state index in [1.165, 1.54) is 0 Å². The fourth-order valence-electron chi connectivity index (χ4n) is 3.24. The number of aryl methyl sites for hydroxylation is 1. The molecule has 0 aliphatic rings. The number of aromatic carboxylic acids is 1. The Bertz CT molecular complexity index is 1010. The van der Waals surface area contributed by atoms with Gasteiger partial charge in [0, 0.05) is 10.7 Å². The third kappa shape index (κ3) is 5.24. The fraction of sp³-hybridized carbons (Fsp3) is 0.167. The van der Waals surface area contributed by atoms with Gasteiger partial charge in [-0.1, -0.05) is 61.0 Å². The van der Waals surface area contributed by atoms with E-state index in [1.807, 2.05) is 49.4 Å². The normalized spacial score (nSPS) is 10.6. The maximum Gasteiger partial charge on any atom is 0.335 e. The minimum absolute atomic E-state index is 0.0612. The van der Waals surface area contributed by atoms with E-state index in [0.717, 1.165) is 28.8 Å². The second kappa shape index (κ2) is 9.39. The molecule has 0 radical (unpaired) electrons. The molecule has 0 saturated carbocycles. The van der Waals surface area contributed by atoms with E-state index in [1.54, 1.807) is 35.2 Å². The van der Waals surface area contributed by atoms with E-state index < -0.39 is 5.97 Å². The summed E-state index contributed by atoms with van der Waals surface area (Å²) in [4.78, 5) is 26.3. The van der Waals surface area contributed by atoms with Gasteiger partial charge in [0.1, 0.15) is 0 Å². The van der Waals surface area contributed by atoms with Gasteiger partial charge in [-0.3, -0.25) is 4.79 Å². The molecule has 4 nitrogen and oxygen atoms in total. The number of hydrogen-bond acceptors (Lipinski definition) is 2. The van der Waals surface area contributed by atoms with Crippen LogP contribution in [-0.4, -0.2) is 17.0 Å². The molecular formula is C24H22ClNO3. The Hall–Kier alpha value is -3.11. The number of carboxylic acid groups (broad SMARTS) is 1. The molecule has 0 aliphatic heterocycles. The maximum atomic E-state index is 13.3. The molecule has 0 saturated heterocycles. The molecule has 0 spiro atoms. The predicted molar refractivity (Wildman–Crippen MR) is 116 cm³/mol. The largest absolute Gasteiger partial charge is 0.478 e. The Morgan fingerprint density at radius 3 is 2.34 bits per heavy atom. The van der Waals surface area contributed by atoms with E-state index >= 15 is 0 Å². The van der Waals surface area contributed by atoms with Crippen LogP contribution in [0.15, 0.2) is 72.8 Å². The summed E-state index contributed by atoms with van der Waals surface area (Å²) in [5.74, 6) is -1.05. The third-order valence-corrected chi connectivity index (χ3v) is 5.00. The van der Waals surface area contributed by atoms with Crippen molar-refractivity contribution in [3.63, 3.8) is 0 Å². The first-order valence-corrected chi connectivity index (χ1v) is 9.80. The van der Waals surface area contributed by atoms with Crippen molar-refractivity contribution in [1.82, 2.24) is 0 Å². The lowest BCUT2D eigenvalue weighted by Gasteiger charge is -2.26. The molecule has 3 rings (SSSR count). The van der Waals surface area contributed by atoms with Crippen LogP contribution in [-0.2, 0) is 24.2 Å². The summed E-state index contributed by atoms with van der Waals surface area (Å²) in [6.07, 6.45) is 1.02. The Kier molecular flexibility index (Phi) is 6.68. The molecule has 0 atom stereocenters. The number of anilines is 1. The summed E-state index contributed by atoms with van der Waals surface area (Å²) in [6, 6.07) is 21.7. The first-order valence-electron chi connectivity index (χ1n) is 9.43. The van der Waals surface area contributed by atoms with Crippen LogP contribution in [0.25, 0.3) is 0 Å². The maximum absolute atomic E-state index is 13.3. The van der Waals surface area contributed by atoms with Gasteiger partial charge < -0.3 is 10.0 Å². The van der Waals surface area contributed by atoms with Gasteiger partial charge >= 0.3 is 5.97 Å². The summed E-state index contributed by atoms with van der Waals surface area (Å²) in [5, 5.41) is 9.90. The van der Waals surface area contributed by atoms with Gasteiger partial charge in [-0.25, -0.2) is 4.79 Å². The molecule has 1 N–H and O–H groups in total. The van der Waals surface area contributed by atoms with Crippen molar-refractivity contribution in [1.29, 1.82) is 0 Å². The van der Waals surface area contributed by atoms with E-state index in [2.05, 4.69) is 0 Å². The molecule has 0 aromatic heterocycles. The zero-order chi connectivity index (χ0) is 20.8. The molecule has 0 bridgehead atoms. The monoisotopic (exact) mass is 407 g/mol. The Morgan fingerprint density at radius 2 is 1.66 bits per heavy atom. The molecule has 3 aromatic rings. The van der Waals surface area contributed by atoms with Crippen molar-refractivity contribution in [2.45, 2.75) is 26.3 Å². The minimum Gasteiger partial charge on any atom is -0.478 e. The minimum atomic E-state index is -0.986. The number of para-hydroxylation sites is 1. The average Bonchev–Trinajstić information content (AvgIpc) is 2.73. The lowest BCUT2D eigenvalue weighted by atomic mass is 10.1. The predicted octanol–water partition coefficient (Wildman–Crippen LogP) is 5.38. The van der Waals surface area contributed by atoms with Gasteiger partial charge in [0.2, 0.25) is 5.91 Å². The molecule has 1 amide bonds. The van der Waals surface area contributed by atoms with Crippen molar-refractivity contribution < 1.29 is 14.7 Å². The molecule has 148 valence electrons. The molecule has 0 aliphatic carbocycles. The fourth-order valence-corrected chi connectivity index (χ4v) is 3.36. The standard InChI is InChI=1S/C24H22ClNO3/c1-2-19-7-3-4-9-22(19)26(16-18-6-5-8-20(14-18)24(28)29)23(27)15-17-10-12-21(25)13-11-17/h3-14H,2,15-16H2,1H3,(H,28,29). The van der Waals surface area contributed by atoms with E-state index in [0.29, 0.717) is 11.6 Å². The number of carboxylic acids is 1. The van der Waals surface area contributed by atoms with Gasteiger partial charge in [0.15, 0.2) is 0 Å². The van der Waals surface area contributed by atoms with Crippen LogP contribution in [0.2, 0.25) is 5.02 Å². The van der Waals surface area contributed by atoms with Crippen molar-refractivity contribution in [3.05, 3.63) is 100 Å². The van der Waals surface area contributed by atoms with E-state index in [9.17, 15) is 14.7 Å². The highest BCUT2D eigenvalue weighted by Gasteiger charge is 2.19. The Morgan fingerprint density at radius 1 is 0.931 bits per heavy atom. The van der Waals surface area contributed by atoms with Gasteiger partial charge in [-0.15, -0.1) is 0 Å². The molecule has 3 aromatic carbocycles.